The van der Waals surface area contributed by atoms with Crippen molar-refractivity contribution in [1.82, 2.24) is 0 Å². The fourth-order valence-electron chi connectivity index (χ4n) is 0.904. The minimum absolute atomic E-state index is 0.310. The van der Waals surface area contributed by atoms with Crippen LogP contribution in [-0.2, 0) is 4.79 Å². The highest BCUT2D eigenvalue weighted by molar-refractivity contribution is 5.94. The van der Waals surface area contributed by atoms with Gasteiger partial charge in [0.2, 0.25) is 6.41 Å². The Morgan fingerprint density at radius 2 is 2.08 bits per heavy atom. The van der Waals surface area contributed by atoms with Crippen molar-refractivity contribution < 1.29 is 9.59 Å². The first-order valence-electron chi connectivity index (χ1n) is 3.33. The number of carbonyl (C=O) groups is 2. The summed E-state index contributed by atoms with van der Waals surface area (Å²) < 4.78 is 0. The van der Waals surface area contributed by atoms with Crippen molar-refractivity contribution in [2.75, 3.05) is 11.1 Å². The van der Waals surface area contributed by atoms with E-state index < -0.39 is 0 Å². The van der Waals surface area contributed by atoms with E-state index in [1.165, 1.54) is 0 Å². The lowest BCUT2D eigenvalue weighted by atomic mass is 10.1. The second-order valence-electron chi connectivity index (χ2n) is 2.19. The van der Waals surface area contributed by atoms with Crippen LogP contribution in [0.15, 0.2) is 18.2 Å². The lowest BCUT2D eigenvalue weighted by molar-refractivity contribution is -0.105. The fourth-order valence-corrected chi connectivity index (χ4v) is 0.904. The van der Waals surface area contributed by atoms with Crippen molar-refractivity contribution in [1.29, 1.82) is 0 Å². The van der Waals surface area contributed by atoms with Crippen molar-refractivity contribution in [2.45, 2.75) is 0 Å². The van der Waals surface area contributed by atoms with E-state index in [2.05, 4.69) is 5.32 Å². The van der Waals surface area contributed by atoms with E-state index in [0.29, 0.717) is 29.6 Å². The third-order valence-electron chi connectivity index (χ3n) is 1.47. The molecule has 4 nitrogen and oxygen atoms in total. The molecule has 3 N–H and O–H groups in total. The van der Waals surface area contributed by atoms with E-state index in [1.54, 1.807) is 18.2 Å². The van der Waals surface area contributed by atoms with E-state index in [9.17, 15) is 9.59 Å². The van der Waals surface area contributed by atoms with Gasteiger partial charge in [0, 0.05) is 5.69 Å². The first kappa shape index (κ1) is 8.26. The number of anilines is 2. The number of hydrogen-bond donors (Lipinski definition) is 2. The predicted molar refractivity (Wildman–Crippen MR) is 45.9 cm³/mol. The molecule has 0 bridgehead atoms. The summed E-state index contributed by atoms with van der Waals surface area (Å²) in [6.45, 7) is 0. The summed E-state index contributed by atoms with van der Waals surface area (Å²) in [4.78, 5) is 20.6. The number of rotatable bonds is 3. The average molecular weight is 164 g/mol. The van der Waals surface area contributed by atoms with E-state index in [4.69, 9.17) is 5.73 Å². The normalized spacial score (nSPS) is 9.00. The van der Waals surface area contributed by atoms with Crippen LogP contribution in [-0.4, -0.2) is 12.7 Å². The third kappa shape index (κ3) is 1.42. The molecule has 0 saturated heterocycles. The van der Waals surface area contributed by atoms with Gasteiger partial charge in [0.15, 0.2) is 6.29 Å². The second kappa shape index (κ2) is 3.52. The van der Waals surface area contributed by atoms with Gasteiger partial charge in [-0.15, -0.1) is 0 Å². The third-order valence-corrected chi connectivity index (χ3v) is 1.47. The highest BCUT2D eigenvalue weighted by Crippen LogP contribution is 2.18. The van der Waals surface area contributed by atoms with Crippen LogP contribution in [0.3, 0.4) is 0 Å². The van der Waals surface area contributed by atoms with Gasteiger partial charge in [0.25, 0.3) is 0 Å². The van der Waals surface area contributed by atoms with Gasteiger partial charge in [-0.2, -0.15) is 0 Å². The van der Waals surface area contributed by atoms with Crippen molar-refractivity contribution in [2.24, 2.45) is 0 Å². The number of aldehydes is 1. The van der Waals surface area contributed by atoms with Crippen molar-refractivity contribution in [3.8, 4) is 0 Å². The molecule has 0 heterocycles. The second-order valence-corrected chi connectivity index (χ2v) is 2.19. The lowest BCUT2D eigenvalue weighted by Crippen LogP contribution is -2.01. The van der Waals surface area contributed by atoms with Crippen LogP contribution in [0.5, 0.6) is 0 Å². The van der Waals surface area contributed by atoms with Crippen LogP contribution in [0, 0.1) is 0 Å². The van der Waals surface area contributed by atoms with Gasteiger partial charge < -0.3 is 11.1 Å². The summed E-state index contributed by atoms with van der Waals surface area (Å²) >= 11 is 0. The molecule has 4 heteroatoms. The molecule has 0 spiro atoms. The standard InChI is InChI=1S/C8H8N2O2/c9-7-2-1-3-8(10-5-12)6(7)4-11/h1-5H,9H2,(H,10,12). The zero-order chi connectivity index (χ0) is 8.97. The SMILES string of the molecule is Nc1cccc(NC=O)c1C=O. The summed E-state index contributed by atoms with van der Waals surface area (Å²) in [5.41, 5.74) is 6.57. The monoisotopic (exact) mass is 164 g/mol. The summed E-state index contributed by atoms with van der Waals surface area (Å²) in [5.74, 6) is 0. The molecule has 0 atom stereocenters. The molecule has 0 radical (unpaired) electrons. The average Bonchev–Trinajstić information content (AvgIpc) is 2.05. The molecular weight excluding hydrogens is 156 g/mol. The molecule has 1 aromatic carbocycles. The Kier molecular flexibility index (Phi) is 2.42. The Bertz CT molecular complexity index is 310. The molecule has 0 aliphatic heterocycles. The maximum Gasteiger partial charge on any atom is 0.211 e. The first-order chi connectivity index (χ1) is 5.79. The van der Waals surface area contributed by atoms with Crippen LogP contribution < -0.4 is 11.1 Å². The minimum Gasteiger partial charge on any atom is -0.398 e. The summed E-state index contributed by atoms with van der Waals surface area (Å²) in [5, 5.41) is 2.38. The van der Waals surface area contributed by atoms with Crippen LogP contribution in [0.25, 0.3) is 0 Å². The molecule has 1 aromatic rings. The highest BCUT2D eigenvalue weighted by atomic mass is 16.1. The molecule has 0 aliphatic rings. The zero-order valence-corrected chi connectivity index (χ0v) is 6.28. The van der Waals surface area contributed by atoms with Crippen LogP contribution in [0.1, 0.15) is 10.4 Å². The molecule has 0 aromatic heterocycles. The number of nitrogens with two attached hydrogens (primary N) is 1. The topological polar surface area (TPSA) is 72.2 Å². The molecule has 1 amide bonds. The molecule has 0 saturated carbocycles. The van der Waals surface area contributed by atoms with Crippen molar-refractivity contribution in [3.63, 3.8) is 0 Å². The van der Waals surface area contributed by atoms with E-state index >= 15 is 0 Å². The van der Waals surface area contributed by atoms with Gasteiger partial charge in [-0.05, 0) is 12.1 Å². The van der Waals surface area contributed by atoms with E-state index in [1.807, 2.05) is 0 Å². The molecule has 0 aliphatic carbocycles. The molecule has 0 unspecified atom stereocenters. The number of nitrogens with one attached hydrogen (secondary N) is 1. The van der Waals surface area contributed by atoms with Gasteiger partial charge in [-0.1, -0.05) is 6.07 Å². The molecule has 1 rings (SSSR count). The van der Waals surface area contributed by atoms with Crippen LogP contribution in [0.2, 0.25) is 0 Å². The van der Waals surface area contributed by atoms with Crippen molar-refractivity contribution in [3.05, 3.63) is 23.8 Å². The highest BCUT2D eigenvalue weighted by Gasteiger charge is 2.02. The first-order valence-corrected chi connectivity index (χ1v) is 3.33. The van der Waals surface area contributed by atoms with Gasteiger partial charge in [-0.3, -0.25) is 9.59 Å². The van der Waals surface area contributed by atoms with Crippen LogP contribution >= 0.6 is 0 Å². The Labute approximate surface area is 69.4 Å². The molecule has 62 valence electrons. The summed E-state index contributed by atoms with van der Waals surface area (Å²) in [6, 6.07) is 4.86. The van der Waals surface area contributed by atoms with E-state index in [0.717, 1.165) is 0 Å². The smallest absolute Gasteiger partial charge is 0.211 e. The lowest BCUT2D eigenvalue weighted by Gasteiger charge is -2.04. The number of nitrogen functional groups attached to an aromatic ring is 1. The molecular formula is C8H8N2O2. The summed E-state index contributed by atoms with van der Waals surface area (Å²) in [7, 11) is 0. The van der Waals surface area contributed by atoms with Gasteiger partial charge in [-0.25, -0.2) is 0 Å². The van der Waals surface area contributed by atoms with Crippen molar-refractivity contribution >= 4 is 24.1 Å². The van der Waals surface area contributed by atoms with E-state index in [-0.39, 0.29) is 0 Å². The van der Waals surface area contributed by atoms with Gasteiger partial charge in [0.05, 0.1) is 11.3 Å². The molecule has 12 heavy (non-hydrogen) atoms. The number of hydrogen-bond acceptors (Lipinski definition) is 3. The zero-order valence-electron chi connectivity index (χ0n) is 6.28. The largest absolute Gasteiger partial charge is 0.398 e. The Morgan fingerprint density at radius 3 is 2.67 bits per heavy atom. The maximum absolute atomic E-state index is 10.5. The number of carbonyl (C=O) groups excluding carboxylic acids is 2. The maximum atomic E-state index is 10.5. The Balaban J connectivity index is 3.17. The van der Waals surface area contributed by atoms with Gasteiger partial charge in [0.1, 0.15) is 0 Å². The number of benzene rings is 1. The Hall–Kier alpha value is -1.84. The molecule has 0 fully saturated rings. The summed E-state index contributed by atoms with van der Waals surface area (Å²) in [6.07, 6.45) is 1.11. The quantitative estimate of drug-likeness (QED) is 0.509. The van der Waals surface area contributed by atoms with Crippen LogP contribution in [0.4, 0.5) is 11.4 Å². The minimum atomic E-state index is 0.310. The number of amides is 1. The van der Waals surface area contributed by atoms with Gasteiger partial charge >= 0.3 is 0 Å². The Morgan fingerprint density at radius 1 is 1.33 bits per heavy atom. The predicted octanol–water partition coefficient (Wildman–Crippen LogP) is 0.650. The fraction of sp³-hybridized carbons (Fsp3) is 0.